The van der Waals surface area contributed by atoms with Crippen LogP contribution in [0.3, 0.4) is 0 Å². The molecule has 4 rings (SSSR count). The lowest BCUT2D eigenvalue weighted by atomic mass is 9.89. The Morgan fingerprint density at radius 1 is 1.20 bits per heavy atom. The fourth-order valence-corrected chi connectivity index (χ4v) is 3.78. The molecule has 0 saturated heterocycles. The highest BCUT2D eigenvalue weighted by molar-refractivity contribution is 5.92. The number of hydrogen-bond acceptors (Lipinski definition) is 4. The number of nitrogens with one attached hydrogen (secondary N) is 2. The zero-order valence-electron chi connectivity index (χ0n) is 17.0. The summed E-state index contributed by atoms with van der Waals surface area (Å²) >= 11 is 0. The van der Waals surface area contributed by atoms with Crippen LogP contribution in [-0.4, -0.2) is 22.7 Å². The summed E-state index contributed by atoms with van der Waals surface area (Å²) in [4.78, 5) is 20.3. The third kappa shape index (κ3) is 4.72. The molecule has 6 nitrogen and oxygen atoms in total. The maximum atomic E-state index is 13.2. The lowest BCUT2D eigenvalue weighted by molar-refractivity contribution is 0.161. The summed E-state index contributed by atoms with van der Waals surface area (Å²) in [6.45, 7) is 2.26. The molecule has 158 valence electrons. The summed E-state index contributed by atoms with van der Waals surface area (Å²) in [7, 11) is 0. The van der Waals surface area contributed by atoms with Crippen molar-refractivity contribution in [2.45, 2.75) is 51.4 Å². The Hall–Kier alpha value is -3.09. The Kier molecular flexibility index (Phi) is 6.16. The van der Waals surface area contributed by atoms with Crippen molar-refractivity contribution in [3.05, 3.63) is 48.0 Å². The van der Waals surface area contributed by atoms with Crippen molar-refractivity contribution in [3.8, 4) is 11.5 Å². The summed E-state index contributed by atoms with van der Waals surface area (Å²) in [6, 6.07) is 9.32. The predicted octanol–water partition coefficient (Wildman–Crippen LogP) is 6.50. The summed E-state index contributed by atoms with van der Waals surface area (Å²) in [5.41, 5.74) is 2.06. The van der Waals surface area contributed by atoms with E-state index in [1.165, 1.54) is 43.5 Å². The number of carbonyl (C=O) groups excluding carboxylic acids is 1. The molecule has 30 heavy (non-hydrogen) atoms. The van der Waals surface area contributed by atoms with Gasteiger partial charge < -0.3 is 14.5 Å². The van der Waals surface area contributed by atoms with Gasteiger partial charge in [-0.2, -0.15) is 0 Å². The minimum Gasteiger partial charge on any atom is -0.455 e. The summed E-state index contributed by atoms with van der Waals surface area (Å²) in [6.07, 6.45) is 6.16. The van der Waals surface area contributed by atoms with E-state index >= 15 is 0 Å². The Balaban J connectivity index is 1.66. The second kappa shape index (κ2) is 9.15. The molecule has 3 aromatic rings. The molecular formula is C23H26FN3O3. The first-order valence-corrected chi connectivity index (χ1v) is 10.5. The number of amides is 1. The van der Waals surface area contributed by atoms with Crippen molar-refractivity contribution >= 4 is 22.8 Å². The molecule has 0 atom stereocenters. The van der Waals surface area contributed by atoms with Gasteiger partial charge in [0.05, 0.1) is 23.3 Å². The highest BCUT2D eigenvalue weighted by atomic mass is 19.1. The average Bonchev–Trinajstić information content (AvgIpc) is 3.17. The molecule has 0 radical (unpaired) electrons. The Morgan fingerprint density at radius 2 is 1.97 bits per heavy atom. The molecule has 0 aliphatic heterocycles. The first-order valence-electron chi connectivity index (χ1n) is 10.5. The number of imidazole rings is 1. The largest absolute Gasteiger partial charge is 0.455 e. The van der Waals surface area contributed by atoms with Crippen molar-refractivity contribution in [1.29, 1.82) is 0 Å². The monoisotopic (exact) mass is 411 g/mol. The third-order valence-electron chi connectivity index (χ3n) is 5.31. The van der Waals surface area contributed by atoms with Gasteiger partial charge in [0, 0.05) is 12.0 Å². The van der Waals surface area contributed by atoms with Gasteiger partial charge in [-0.05, 0) is 49.6 Å². The molecule has 0 unspecified atom stereocenters. The molecule has 1 fully saturated rings. The molecule has 0 bridgehead atoms. The van der Waals surface area contributed by atoms with Crippen LogP contribution in [-0.2, 0) is 4.74 Å². The zero-order valence-corrected chi connectivity index (χ0v) is 17.0. The number of anilines is 1. The number of fused-ring (bicyclic) bond motifs is 1. The highest BCUT2D eigenvalue weighted by Gasteiger charge is 2.20. The lowest BCUT2D eigenvalue weighted by Crippen LogP contribution is -2.14. The maximum absolute atomic E-state index is 13.2. The van der Waals surface area contributed by atoms with E-state index in [4.69, 9.17) is 14.5 Å². The molecule has 2 N–H and O–H groups in total. The number of carbonyl (C=O) groups is 1. The van der Waals surface area contributed by atoms with Gasteiger partial charge in [0.25, 0.3) is 0 Å². The maximum Gasteiger partial charge on any atom is 0.411 e. The molecule has 1 heterocycles. The van der Waals surface area contributed by atoms with Crippen molar-refractivity contribution in [1.82, 2.24) is 9.97 Å². The van der Waals surface area contributed by atoms with Crippen LogP contribution in [0.4, 0.5) is 14.9 Å². The van der Waals surface area contributed by atoms with Gasteiger partial charge in [-0.3, -0.25) is 5.32 Å². The molecule has 0 spiro atoms. The van der Waals surface area contributed by atoms with Crippen molar-refractivity contribution < 1.29 is 18.7 Å². The van der Waals surface area contributed by atoms with E-state index in [0.717, 1.165) is 36.1 Å². The SMILES string of the molecule is CCCOC(=O)Nc1cc2[nH]c(C3CCCCC3)nc2cc1Oc1ccc(F)cc1. The minimum atomic E-state index is -0.549. The summed E-state index contributed by atoms with van der Waals surface area (Å²) < 4.78 is 24.3. The van der Waals surface area contributed by atoms with Gasteiger partial charge in [0.1, 0.15) is 17.4 Å². The van der Waals surface area contributed by atoms with Crippen LogP contribution in [0.1, 0.15) is 57.2 Å². The van der Waals surface area contributed by atoms with E-state index in [0.29, 0.717) is 29.7 Å². The van der Waals surface area contributed by atoms with E-state index in [1.807, 2.05) is 6.92 Å². The first-order chi connectivity index (χ1) is 14.6. The molecule has 1 aromatic heterocycles. The quantitative estimate of drug-likeness (QED) is 0.485. The van der Waals surface area contributed by atoms with E-state index in [-0.39, 0.29) is 5.82 Å². The minimum absolute atomic E-state index is 0.331. The van der Waals surface area contributed by atoms with Crippen LogP contribution in [0.5, 0.6) is 11.5 Å². The van der Waals surface area contributed by atoms with Crippen molar-refractivity contribution in [3.63, 3.8) is 0 Å². The Morgan fingerprint density at radius 3 is 2.70 bits per heavy atom. The number of halogens is 1. The number of ether oxygens (including phenoxy) is 2. The standard InChI is InChI=1S/C23H26FN3O3/c1-2-12-29-23(28)27-20-13-18-19(26-22(25-18)15-6-4-3-5-7-15)14-21(20)30-17-10-8-16(24)9-11-17/h8-11,13-15H,2-7,12H2,1H3,(H,25,26)(H,27,28). The number of rotatable bonds is 6. The normalized spacial score (nSPS) is 14.6. The second-order valence-corrected chi connectivity index (χ2v) is 7.64. The molecule has 2 aromatic carbocycles. The van der Waals surface area contributed by atoms with Gasteiger partial charge in [0.2, 0.25) is 0 Å². The van der Waals surface area contributed by atoms with Crippen molar-refractivity contribution in [2.24, 2.45) is 0 Å². The van der Waals surface area contributed by atoms with Crippen LogP contribution in [0.2, 0.25) is 0 Å². The van der Waals surface area contributed by atoms with E-state index < -0.39 is 6.09 Å². The van der Waals surface area contributed by atoms with Crippen LogP contribution >= 0.6 is 0 Å². The van der Waals surface area contributed by atoms with E-state index in [2.05, 4.69) is 10.3 Å². The van der Waals surface area contributed by atoms with Gasteiger partial charge >= 0.3 is 6.09 Å². The molecule has 7 heteroatoms. The van der Waals surface area contributed by atoms with Gasteiger partial charge in [-0.25, -0.2) is 14.2 Å². The van der Waals surface area contributed by atoms with Gasteiger partial charge in [-0.15, -0.1) is 0 Å². The number of aromatic nitrogens is 2. The molecular weight excluding hydrogens is 385 g/mol. The highest BCUT2D eigenvalue weighted by Crippen LogP contribution is 2.36. The molecule has 1 aliphatic carbocycles. The lowest BCUT2D eigenvalue weighted by Gasteiger charge is -2.18. The number of aromatic amines is 1. The van der Waals surface area contributed by atoms with E-state index in [1.54, 1.807) is 12.1 Å². The van der Waals surface area contributed by atoms with Gasteiger partial charge in [-0.1, -0.05) is 26.2 Å². The number of nitrogens with zero attached hydrogens (tertiary/aromatic N) is 1. The Labute approximate surface area is 174 Å². The smallest absolute Gasteiger partial charge is 0.411 e. The summed E-state index contributed by atoms with van der Waals surface area (Å²) in [5.74, 6) is 1.94. The second-order valence-electron chi connectivity index (χ2n) is 7.64. The third-order valence-corrected chi connectivity index (χ3v) is 5.31. The fraction of sp³-hybridized carbons (Fsp3) is 0.391. The first kappa shape index (κ1) is 20.2. The van der Waals surface area contributed by atoms with Crippen LogP contribution in [0.15, 0.2) is 36.4 Å². The molecule has 1 saturated carbocycles. The predicted molar refractivity (Wildman–Crippen MR) is 114 cm³/mol. The van der Waals surface area contributed by atoms with Crippen LogP contribution in [0, 0.1) is 5.82 Å². The van der Waals surface area contributed by atoms with Gasteiger partial charge in [0.15, 0.2) is 5.75 Å². The Bertz CT molecular complexity index is 1010. The van der Waals surface area contributed by atoms with Crippen molar-refractivity contribution in [2.75, 3.05) is 11.9 Å². The number of H-pyrrole nitrogens is 1. The number of hydrogen-bond donors (Lipinski definition) is 2. The summed E-state index contributed by atoms with van der Waals surface area (Å²) in [5, 5.41) is 2.75. The molecule has 1 amide bonds. The topological polar surface area (TPSA) is 76.2 Å². The van der Waals surface area contributed by atoms with Crippen LogP contribution in [0.25, 0.3) is 11.0 Å². The van der Waals surface area contributed by atoms with Crippen LogP contribution < -0.4 is 10.1 Å². The number of benzene rings is 2. The average molecular weight is 411 g/mol. The fourth-order valence-electron chi connectivity index (χ4n) is 3.78. The molecule has 1 aliphatic rings. The van der Waals surface area contributed by atoms with E-state index in [9.17, 15) is 9.18 Å². The zero-order chi connectivity index (χ0) is 20.9.